The van der Waals surface area contributed by atoms with Crippen molar-refractivity contribution in [2.24, 2.45) is 11.7 Å². The van der Waals surface area contributed by atoms with Gasteiger partial charge in [0.05, 0.1) is 27.8 Å². The first kappa shape index (κ1) is 24.2. The van der Waals surface area contributed by atoms with Crippen LogP contribution in [0.25, 0.3) is 10.9 Å². The molecule has 2 aromatic heterocycles. The number of nitrogens with two attached hydrogens (primary N) is 1. The molecular formula is C24H26ClN5O3S. The zero-order chi connectivity index (χ0) is 24.2. The number of amides is 2. The normalized spacial score (nSPS) is 15.2. The zero-order valence-corrected chi connectivity index (χ0v) is 20.4. The summed E-state index contributed by atoms with van der Waals surface area (Å²) in [6, 6.07) is 5.79. The highest BCUT2D eigenvalue weighted by atomic mass is 35.5. The summed E-state index contributed by atoms with van der Waals surface area (Å²) >= 11 is 7.84. The minimum atomic E-state index is -0.762. The summed E-state index contributed by atoms with van der Waals surface area (Å²) in [5.41, 5.74) is 5.62. The van der Waals surface area contributed by atoms with Gasteiger partial charge in [0, 0.05) is 11.1 Å². The van der Waals surface area contributed by atoms with Gasteiger partial charge in [0.1, 0.15) is 11.9 Å². The number of fused-ring (bicyclic) bond motifs is 1. The number of carbonyl (C=O) groups excluding carboxylic acids is 2. The van der Waals surface area contributed by atoms with Crippen LogP contribution in [-0.2, 0) is 4.79 Å². The number of hydrogen-bond donors (Lipinski definition) is 2. The van der Waals surface area contributed by atoms with Gasteiger partial charge in [-0.05, 0) is 42.9 Å². The maximum atomic E-state index is 13.5. The summed E-state index contributed by atoms with van der Waals surface area (Å²) in [4.78, 5) is 47.6. The molecule has 1 aromatic carbocycles. The van der Waals surface area contributed by atoms with Crippen molar-refractivity contribution >= 4 is 51.9 Å². The molecule has 1 saturated carbocycles. The Hall–Kier alpha value is -2.91. The first-order valence-corrected chi connectivity index (χ1v) is 12.8. The predicted octanol–water partition coefficient (Wildman–Crippen LogP) is 4.42. The maximum absolute atomic E-state index is 13.5. The van der Waals surface area contributed by atoms with Gasteiger partial charge in [-0.25, -0.2) is 9.97 Å². The van der Waals surface area contributed by atoms with E-state index in [9.17, 15) is 14.4 Å². The minimum absolute atomic E-state index is 0.244. The van der Waals surface area contributed by atoms with Crippen molar-refractivity contribution in [2.75, 3.05) is 11.6 Å². The molecule has 3 aromatic rings. The van der Waals surface area contributed by atoms with Gasteiger partial charge >= 0.3 is 0 Å². The molecule has 0 bridgehead atoms. The molecule has 1 fully saturated rings. The molecule has 178 valence electrons. The van der Waals surface area contributed by atoms with Gasteiger partial charge in [-0.3, -0.25) is 19.0 Å². The molecule has 1 aliphatic rings. The van der Waals surface area contributed by atoms with Crippen molar-refractivity contribution in [3.63, 3.8) is 0 Å². The molecule has 10 heteroatoms. The summed E-state index contributed by atoms with van der Waals surface area (Å²) in [7, 11) is 0. The van der Waals surface area contributed by atoms with Crippen molar-refractivity contribution < 1.29 is 9.59 Å². The maximum Gasteiger partial charge on any atom is 0.262 e. The van der Waals surface area contributed by atoms with Crippen LogP contribution in [0.2, 0.25) is 5.02 Å². The van der Waals surface area contributed by atoms with E-state index in [1.54, 1.807) is 12.1 Å². The first-order chi connectivity index (χ1) is 16.4. The van der Waals surface area contributed by atoms with Gasteiger partial charge in [-0.1, -0.05) is 43.7 Å². The Kier molecular flexibility index (Phi) is 7.53. The van der Waals surface area contributed by atoms with Crippen LogP contribution in [0.3, 0.4) is 0 Å². The molecule has 34 heavy (non-hydrogen) atoms. The van der Waals surface area contributed by atoms with Crippen LogP contribution < -0.4 is 16.6 Å². The van der Waals surface area contributed by atoms with Crippen molar-refractivity contribution in [1.29, 1.82) is 0 Å². The van der Waals surface area contributed by atoms with Crippen LogP contribution in [0.1, 0.15) is 54.9 Å². The van der Waals surface area contributed by atoms with Crippen molar-refractivity contribution in [1.82, 2.24) is 14.5 Å². The van der Waals surface area contributed by atoms with Crippen LogP contribution >= 0.6 is 23.4 Å². The molecule has 1 aliphatic carbocycles. The lowest BCUT2D eigenvalue weighted by Crippen LogP contribution is -2.35. The predicted molar refractivity (Wildman–Crippen MR) is 134 cm³/mol. The van der Waals surface area contributed by atoms with Crippen LogP contribution in [0.4, 0.5) is 5.82 Å². The SMILES string of the molecule is CSc1cc(Cl)c2ncn([C@@H](CC3CCCCC3)C(=O)Nc3ccc(C(N)=O)cn3)c(=O)c2c1. The van der Waals surface area contributed by atoms with E-state index in [2.05, 4.69) is 15.3 Å². The lowest BCUT2D eigenvalue weighted by Gasteiger charge is -2.27. The average molecular weight is 500 g/mol. The van der Waals surface area contributed by atoms with Crippen LogP contribution in [-0.4, -0.2) is 32.6 Å². The molecule has 2 amide bonds. The van der Waals surface area contributed by atoms with Gasteiger partial charge in [-0.15, -0.1) is 11.8 Å². The lowest BCUT2D eigenvalue weighted by molar-refractivity contribution is -0.120. The fourth-order valence-corrected chi connectivity index (χ4v) is 5.23. The highest BCUT2D eigenvalue weighted by molar-refractivity contribution is 7.98. The molecule has 0 radical (unpaired) electrons. The minimum Gasteiger partial charge on any atom is -0.366 e. The standard InChI is InChI=1S/C24H26ClN5O3S/c1-34-16-10-17-21(18(25)11-16)28-13-30(24(17)33)19(9-14-5-3-2-4-6-14)23(32)29-20-8-7-15(12-27-20)22(26)31/h7-8,10-14,19H,2-6,9H2,1H3,(H2,26,31)(H,27,29,32)/t19-/m0/s1. The Balaban J connectivity index is 1.71. The molecule has 0 saturated heterocycles. The van der Waals surface area contributed by atoms with Crippen LogP contribution in [0.5, 0.6) is 0 Å². The Morgan fingerprint density at radius 1 is 1.24 bits per heavy atom. The Bertz CT molecular complexity index is 1270. The quantitative estimate of drug-likeness (QED) is 0.464. The monoisotopic (exact) mass is 499 g/mol. The van der Waals surface area contributed by atoms with Crippen LogP contribution in [0, 0.1) is 5.92 Å². The molecule has 0 aliphatic heterocycles. The highest BCUT2D eigenvalue weighted by Gasteiger charge is 2.28. The van der Waals surface area contributed by atoms with Crippen molar-refractivity contribution in [3.8, 4) is 0 Å². The van der Waals surface area contributed by atoms with E-state index in [1.807, 2.05) is 6.26 Å². The number of thioether (sulfide) groups is 1. The van der Waals surface area contributed by atoms with E-state index in [1.165, 1.54) is 47.4 Å². The fourth-order valence-electron chi connectivity index (χ4n) is 4.43. The van der Waals surface area contributed by atoms with E-state index < -0.39 is 11.9 Å². The molecule has 4 rings (SSSR count). The van der Waals surface area contributed by atoms with Gasteiger partial charge in [-0.2, -0.15) is 0 Å². The first-order valence-electron chi connectivity index (χ1n) is 11.2. The number of benzene rings is 1. The van der Waals surface area contributed by atoms with Crippen molar-refractivity contribution in [2.45, 2.75) is 49.5 Å². The third-order valence-corrected chi connectivity index (χ3v) is 7.26. The zero-order valence-electron chi connectivity index (χ0n) is 18.8. The van der Waals surface area contributed by atoms with Crippen molar-refractivity contribution in [3.05, 3.63) is 57.7 Å². The smallest absolute Gasteiger partial charge is 0.262 e. The second-order valence-corrected chi connectivity index (χ2v) is 9.79. The second-order valence-electron chi connectivity index (χ2n) is 8.50. The van der Waals surface area contributed by atoms with E-state index in [0.717, 1.165) is 30.6 Å². The summed E-state index contributed by atoms with van der Waals surface area (Å²) < 4.78 is 1.41. The molecule has 1 atom stereocenters. The van der Waals surface area contributed by atoms with Gasteiger partial charge < -0.3 is 11.1 Å². The number of hydrogen-bond acceptors (Lipinski definition) is 6. The van der Waals surface area contributed by atoms with Gasteiger partial charge in [0.15, 0.2) is 0 Å². The number of primary amides is 1. The second kappa shape index (κ2) is 10.6. The van der Waals surface area contributed by atoms with E-state index >= 15 is 0 Å². The number of aromatic nitrogens is 3. The van der Waals surface area contributed by atoms with E-state index in [0.29, 0.717) is 28.3 Å². The fraction of sp³-hybridized carbons (Fsp3) is 0.375. The molecule has 0 unspecified atom stereocenters. The molecule has 3 N–H and O–H groups in total. The Morgan fingerprint density at radius 2 is 2.00 bits per heavy atom. The molecule has 2 heterocycles. The summed E-state index contributed by atoms with van der Waals surface area (Å²) in [6.07, 6.45) is 10.6. The third-order valence-electron chi connectivity index (χ3n) is 6.27. The van der Waals surface area contributed by atoms with Gasteiger partial charge in [0.2, 0.25) is 11.8 Å². The number of nitrogens with zero attached hydrogens (tertiary/aromatic N) is 3. The molecule has 8 nitrogen and oxygen atoms in total. The summed E-state index contributed by atoms with van der Waals surface area (Å²) in [5.74, 6) is -0.352. The average Bonchev–Trinajstić information content (AvgIpc) is 2.84. The number of nitrogens with one attached hydrogen (secondary N) is 1. The number of halogens is 1. The van der Waals surface area contributed by atoms with Gasteiger partial charge in [0.25, 0.3) is 5.56 Å². The Morgan fingerprint density at radius 3 is 2.65 bits per heavy atom. The summed E-state index contributed by atoms with van der Waals surface area (Å²) in [5, 5.41) is 3.57. The van der Waals surface area contributed by atoms with Crippen LogP contribution in [0.15, 0.2) is 46.5 Å². The largest absolute Gasteiger partial charge is 0.366 e. The molecular weight excluding hydrogens is 474 g/mol. The molecule has 0 spiro atoms. The Labute approximate surface area is 206 Å². The lowest BCUT2D eigenvalue weighted by atomic mass is 9.84. The van der Waals surface area contributed by atoms with E-state index in [-0.39, 0.29) is 22.8 Å². The number of carbonyl (C=O) groups is 2. The summed E-state index contributed by atoms with van der Waals surface area (Å²) in [6.45, 7) is 0. The van der Waals surface area contributed by atoms with E-state index in [4.69, 9.17) is 17.3 Å². The third kappa shape index (κ3) is 5.26. The highest BCUT2D eigenvalue weighted by Crippen LogP contribution is 2.32. The number of anilines is 1. The number of pyridine rings is 1. The number of rotatable bonds is 7. The topological polar surface area (TPSA) is 120 Å².